The summed E-state index contributed by atoms with van der Waals surface area (Å²) in [6, 6.07) is 13.2. The van der Waals surface area contributed by atoms with Gasteiger partial charge in [-0.3, -0.25) is 4.79 Å². The van der Waals surface area contributed by atoms with Crippen molar-refractivity contribution in [1.29, 1.82) is 0 Å². The quantitative estimate of drug-likeness (QED) is 0.635. The average Bonchev–Trinajstić information content (AvgIpc) is 2.82. The topological polar surface area (TPSA) is 89.8 Å². The fourth-order valence-corrected chi connectivity index (χ4v) is 4.04. The number of carbonyl (C=O) groups excluding carboxylic acids is 1. The number of aliphatic hydroxyl groups excluding tert-OH is 1. The lowest BCUT2D eigenvalue weighted by molar-refractivity contribution is -0.143. The molecule has 1 fully saturated rings. The van der Waals surface area contributed by atoms with Crippen molar-refractivity contribution < 1.29 is 16.4 Å². The molecule has 2 N–H and O–H groups in total. The molecule has 7 heteroatoms. The average molecular weight is 437 g/mol. The Balaban J connectivity index is 0.00000306. The van der Waals surface area contributed by atoms with Crippen LogP contribution in [0, 0.1) is 12.8 Å². The van der Waals surface area contributed by atoms with E-state index in [9.17, 15) is 15.0 Å². The van der Waals surface area contributed by atoms with Crippen molar-refractivity contribution in [2.75, 3.05) is 31.1 Å². The van der Waals surface area contributed by atoms with Crippen LogP contribution >= 0.6 is 0 Å². The molecule has 1 saturated heterocycles. The Kier molecular flexibility index (Phi) is 6.28. The first-order valence-corrected chi connectivity index (χ1v) is 11.2. The van der Waals surface area contributed by atoms with Crippen LogP contribution < -0.4 is 4.90 Å². The van der Waals surface area contributed by atoms with Crippen molar-refractivity contribution in [2.45, 2.75) is 33.3 Å². The van der Waals surface area contributed by atoms with Crippen molar-refractivity contribution in [3.05, 3.63) is 48.0 Å². The number of piperazine rings is 1. The molecule has 4 rings (SSSR count). The number of aliphatic hydroxyl groups is 1. The molecular formula is C25H32N4O3. The fraction of sp³-hybridized carbons (Fsp3) is 0.400. The zero-order valence-electron chi connectivity index (χ0n) is 18.8. The number of amides is 1. The summed E-state index contributed by atoms with van der Waals surface area (Å²) in [5.41, 5.74) is 2.50. The standard InChI is InChI=1S/C25H30N4O3.H2/c1-4-17(3)22(31)25(32)29-13-11-28(12-14-29)24-18-10-9-16(2)15-20(18)26-23(27-24)19-7-5-6-8-21(19)30;/h5-10,15,17,22,30-31H,4,11-14H2,1-3H3;1H/t17-,22-;/m1./s1. The highest BCUT2D eigenvalue weighted by atomic mass is 16.3. The van der Waals surface area contributed by atoms with Gasteiger partial charge in [-0.05, 0) is 42.7 Å². The van der Waals surface area contributed by atoms with Gasteiger partial charge in [-0.25, -0.2) is 9.97 Å². The summed E-state index contributed by atoms with van der Waals surface area (Å²) in [5.74, 6) is 1.15. The van der Waals surface area contributed by atoms with Crippen LogP contribution in [0.5, 0.6) is 5.75 Å². The number of aromatic hydroxyl groups is 1. The van der Waals surface area contributed by atoms with Gasteiger partial charge in [0.1, 0.15) is 17.7 Å². The van der Waals surface area contributed by atoms with Gasteiger partial charge in [0, 0.05) is 33.0 Å². The highest BCUT2D eigenvalue weighted by Crippen LogP contribution is 2.32. The van der Waals surface area contributed by atoms with Gasteiger partial charge in [-0.15, -0.1) is 0 Å². The van der Waals surface area contributed by atoms with Crippen molar-refractivity contribution in [3.63, 3.8) is 0 Å². The molecule has 0 saturated carbocycles. The van der Waals surface area contributed by atoms with Crippen molar-refractivity contribution in [3.8, 4) is 17.1 Å². The number of carbonyl (C=O) groups is 1. The van der Waals surface area contributed by atoms with E-state index in [1.807, 2.05) is 51.1 Å². The zero-order valence-corrected chi connectivity index (χ0v) is 18.8. The largest absolute Gasteiger partial charge is 0.507 e. The highest BCUT2D eigenvalue weighted by molar-refractivity contribution is 5.92. The van der Waals surface area contributed by atoms with E-state index in [2.05, 4.69) is 4.90 Å². The Morgan fingerprint density at radius 2 is 1.84 bits per heavy atom. The predicted molar refractivity (Wildman–Crippen MR) is 128 cm³/mol. The summed E-state index contributed by atoms with van der Waals surface area (Å²) in [6.45, 7) is 8.16. The monoisotopic (exact) mass is 436 g/mol. The minimum atomic E-state index is -0.956. The molecular weight excluding hydrogens is 404 g/mol. The maximum absolute atomic E-state index is 12.7. The number of hydrogen-bond donors (Lipinski definition) is 2. The third-order valence-electron chi connectivity index (χ3n) is 6.30. The molecule has 1 aliphatic heterocycles. The van der Waals surface area contributed by atoms with E-state index in [4.69, 9.17) is 9.97 Å². The number of rotatable bonds is 5. The summed E-state index contributed by atoms with van der Waals surface area (Å²) in [5, 5.41) is 21.6. The first-order chi connectivity index (χ1) is 15.4. The van der Waals surface area contributed by atoms with Gasteiger partial charge < -0.3 is 20.0 Å². The second kappa shape index (κ2) is 9.12. The smallest absolute Gasteiger partial charge is 0.251 e. The molecule has 2 atom stereocenters. The van der Waals surface area contributed by atoms with E-state index in [1.165, 1.54) is 0 Å². The number of aryl methyl sites for hydroxylation is 1. The third-order valence-corrected chi connectivity index (χ3v) is 6.30. The molecule has 1 aromatic heterocycles. The minimum absolute atomic E-state index is 0. The number of anilines is 1. The maximum atomic E-state index is 12.7. The van der Waals surface area contributed by atoms with Crippen LogP contribution in [0.25, 0.3) is 22.3 Å². The number of para-hydroxylation sites is 1. The fourth-order valence-electron chi connectivity index (χ4n) is 4.04. The van der Waals surface area contributed by atoms with E-state index in [-0.39, 0.29) is 19.0 Å². The lowest BCUT2D eigenvalue weighted by Crippen LogP contribution is -2.52. The first kappa shape index (κ1) is 22.0. The molecule has 2 heterocycles. The second-order valence-corrected chi connectivity index (χ2v) is 8.55. The van der Waals surface area contributed by atoms with Crippen LogP contribution in [0.3, 0.4) is 0 Å². The summed E-state index contributed by atoms with van der Waals surface area (Å²) >= 11 is 0. The number of nitrogens with zero attached hydrogens (tertiary/aromatic N) is 4. The Labute approximate surface area is 189 Å². The van der Waals surface area contributed by atoms with Crippen LogP contribution in [0.1, 0.15) is 27.3 Å². The lowest BCUT2D eigenvalue weighted by atomic mass is 10.0. The number of phenolic OH excluding ortho intramolecular Hbond substituents is 1. The molecule has 0 bridgehead atoms. The molecule has 1 amide bonds. The van der Waals surface area contributed by atoms with Gasteiger partial charge in [-0.2, -0.15) is 0 Å². The Morgan fingerprint density at radius 3 is 2.53 bits per heavy atom. The molecule has 1 aliphatic rings. The molecule has 0 radical (unpaired) electrons. The SMILES string of the molecule is CC[C@@H](C)[C@@H](O)C(=O)N1CCN(c2nc(-c3ccccc3O)nc3cc(C)ccc23)CC1.[HH]. The minimum Gasteiger partial charge on any atom is -0.507 e. The van der Waals surface area contributed by atoms with Crippen molar-refractivity contribution in [1.82, 2.24) is 14.9 Å². The van der Waals surface area contributed by atoms with Crippen LogP contribution in [0.15, 0.2) is 42.5 Å². The maximum Gasteiger partial charge on any atom is 0.251 e. The van der Waals surface area contributed by atoms with E-state index < -0.39 is 6.10 Å². The molecule has 2 aromatic carbocycles. The molecule has 0 aliphatic carbocycles. The van der Waals surface area contributed by atoms with E-state index >= 15 is 0 Å². The summed E-state index contributed by atoms with van der Waals surface area (Å²) in [7, 11) is 0. The van der Waals surface area contributed by atoms with Crippen LogP contribution in [-0.2, 0) is 4.79 Å². The number of hydrogen-bond acceptors (Lipinski definition) is 6. The third kappa shape index (κ3) is 4.25. The van der Waals surface area contributed by atoms with Gasteiger partial charge in [-0.1, -0.05) is 38.5 Å². The zero-order chi connectivity index (χ0) is 22.8. The summed E-state index contributed by atoms with van der Waals surface area (Å²) < 4.78 is 0. The van der Waals surface area contributed by atoms with Crippen molar-refractivity contribution >= 4 is 22.6 Å². The Hall–Kier alpha value is -3.19. The van der Waals surface area contributed by atoms with Crippen LogP contribution in [0.4, 0.5) is 5.82 Å². The van der Waals surface area contributed by atoms with Gasteiger partial charge in [0.25, 0.3) is 5.91 Å². The second-order valence-electron chi connectivity index (χ2n) is 8.55. The number of phenols is 1. The van der Waals surface area contributed by atoms with Crippen LogP contribution in [-0.4, -0.2) is 63.3 Å². The van der Waals surface area contributed by atoms with Gasteiger partial charge in [0.15, 0.2) is 5.82 Å². The number of aromatic nitrogens is 2. The predicted octanol–water partition coefficient (Wildman–Crippen LogP) is 3.61. The Morgan fingerprint density at radius 1 is 1.12 bits per heavy atom. The Bertz CT molecular complexity index is 1130. The number of fused-ring (bicyclic) bond motifs is 1. The molecule has 3 aromatic rings. The van der Waals surface area contributed by atoms with Crippen LogP contribution in [0.2, 0.25) is 0 Å². The van der Waals surface area contributed by atoms with Gasteiger partial charge in [0.05, 0.1) is 11.1 Å². The van der Waals surface area contributed by atoms with E-state index in [0.29, 0.717) is 37.6 Å². The highest BCUT2D eigenvalue weighted by Gasteiger charge is 2.30. The molecule has 7 nitrogen and oxygen atoms in total. The number of benzene rings is 2. The normalized spacial score (nSPS) is 16.2. The molecule has 170 valence electrons. The van der Waals surface area contributed by atoms with Gasteiger partial charge >= 0.3 is 0 Å². The molecule has 0 spiro atoms. The molecule has 0 unspecified atom stereocenters. The lowest BCUT2D eigenvalue weighted by Gasteiger charge is -2.37. The summed E-state index contributed by atoms with van der Waals surface area (Å²) in [4.78, 5) is 26.1. The molecule has 32 heavy (non-hydrogen) atoms. The summed E-state index contributed by atoms with van der Waals surface area (Å²) in [6.07, 6.45) is -0.198. The van der Waals surface area contributed by atoms with Gasteiger partial charge in [0.2, 0.25) is 0 Å². The van der Waals surface area contributed by atoms with E-state index in [0.717, 1.165) is 28.7 Å². The van der Waals surface area contributed by atoms with E-state index in [1.54, 1.807) is 17.0 Å². The first-order valence-electron chi connectivity index (χ1n) is 11.2. The van der Waals surface area contributed by atoms with Crippen molar-refractivity contribution in [2.24, 2.45) is 5.92 Å².